The number of hydrogen-bond donors (Lipinski definition) is 2. The highest BCUT2D eigenvalue weighted by molar-refractivity contribution is 6.34. The Morgan fingerprint density at radius 1 is 1.10 bits per heavy atom. The van der Waals surface area contributed by atoms with Crippen LogP contribution in [0.25, 0.3) is 16.7 Å². The van der Waals surface area contributed by atoms with Gasteiger partial charge in [0.15, 0.2) is 5.65 Å². The van der Waals surface area contributed by atoms with E-state index in [1.54, 1.807) is 30.3 Å². The van der Waals surface area contributed by atoms with E-state index >= 15 is 0 Å². The quantitative estimate of drug-likeness (QED) is 0.532. The van der Waals surface area contributed by atoms with Crippen LogP contribution in [0, 0.1) is 5.82 Å². The fraction of sp³-hybridized carbons (Fsp3) is 0. The third kappa shape index (κ3) is 3.32. The minimum absolute atomic E-state index is 0.0925. The standard InChI is InChI=1S/C21H13ClFN3O3/c22-15-8-1-2-9-16(15)25-20(28)17-18(27)14-7-4-10-24-19(14)26(21(17)29)13-6-3-5-12(23)11-13/h1-11,27H,(H,25,28). The number of anilines is 1. The summed E-state index contributed by atoms with van der Waals surface area (Å²) in [6.07, 6.45) is 1.43. The van der Waals surface area contributed by atoms with E-state index in [1.807, 2.05) is 0 Å². The first kappa shape index (κ1) is 18.6. The van der Waals surface area contributed by atoms with Crippen LogP contribution < -0.4 is 10.9 Å². The van der Waals surface area contributed by atoms with Crippen LogP contribution in [0.2, 0.25) is 5.02 Å². The summed E-state index contributed by atoms with van der Waals surface area (Å²) in [6, 6.07) is 14.9. The highest BCUT2D eigenvalue weighted by Gasteiger charge is 2.24. The number of nitrogens with zero attached hydrogens (tertiary/aromatic N) is 2. The van der Waals surface area contributed by atoms with Crippen LogP contribution in [-0.2, 0) is 0 Å². The average molecular weight is 410 g/mol. The first-order chi connectivity index (χ1) is 14.0. The van der Waals surface area contributed by atoms with E-state index in [0.717, 1.165) is 10.6 Å². The number of aromatic hydroxyl groups is 1. The molecular weight excluding hydrogens is 397 g/mol. The molecule has 0 radical (unpaired) electrons. The minimum atomic E-state index is -0.850. The lowest BCUT2D eigenvalue weighted by Crippen LogP contribution is -2.29. The molecule has 2 N–H and O–H groups in total. The molecule has 0 aliphatic rings. The third-order valence-corrected chi connectivity index (χ3v) is 4.65. The second kappa shape index (κ2) is 7.37. The number of amides is 1. The van der Waals surface area contributed by atoms with Gasteiger partial charge in [0.1, 0.15) is 17.1 Å². The molecule has 2 heterocycles. The molecular formula is C21H13ClFN3O3. The molecule has 0 fully saturated rings. The molecule has 144 valence electrons. The molecule has 0 atom stereocenters. The molecule has 6 nitrogen and oxygen atoms in total. The van der Waals surface area contributed by atoms with Crippen molar-refractivity contribution in [2.45, 2.75) is 0 Å². The van der Waals surface area contributed by atoms with Gasteiger partial charge >= 0.3 is 0 Å². The largest absolute Gasteiger partial charge is 0.506 e. The van der Waals surface area contributed by atoms with Crippen molar-refractivity contribution in [3.8, 4) is 11.4 Å². The van der Waals surface area contributed by atoms with E-state index < -0.39 is 28.6 Å². The SMILES string of the molecule is O=C(Nc1ccccc1Cl)c1c(O)c2cccnc2n(-c2cccc(F)c2)c1=O. The van der Waals surface area contributed by atoms with Gasteiger partial charge in [-0.05, 0) is 42.5 Å². The van der Waals surface area contributed by atoms with E-state index in [2.05, 4.69) is 10.3 Å². The number of carbonyl (C=O) groups excluding carboxylic acids is 1. The van der Waals surface area contributed by atoms with Crippen LogP contribution in [0.3, 0.4) is 0 Å². The van der Waals surface area contributed by atoms with Crippen molar-refractivity contribution in [2.75, 3.05) is 5.32 Å². The van der Waals surface area contributed by atoms with Crippen LogP contribution in [0.1, 0.15) is 10.4 Å². The number of halogens is 2. The molecule has 0 saturated carbocycles. The Kier molecular flexibility index (Phi) is 4.74. The lowest BCUT2D eigenvalue weighted by molar-refractivity contribution is 0.102. The van der Waals surface area contributed by atoms with Crippen LogP contribution in [-0.4, -0.2) is 20.6 Å². The monoisotopic (exact) mass is 409 g/mol. The fourth-order valence-corrected chi connectivity index (χ4v) is 3.19. The number of para-hydroxylation sites is 1. The predicted molar refractivity (Wildman–Crippen MR) is 108 cm³/mol. The summed E-state index contributed by atoms with van der Waals surface area (Å²) >= 11 is 6.06. The van der Waals surface area contributed by atoms with Crippen molar-refractivity contribution in [1.29, 1.82) is 0 Å². The number of hydrogen-bond acceptors (Lipinski definition) is 4. The number of nitrogens with one attached hydrogen (secondary N) is 1. The summed E-state index contributed by atoms with van der Waals surface area (Å²) in [7, 11) is 0. The van der Waals surface area contributed by atoms with Crippen LogP contribution in [0.5, 0.6) is 5.75 Å². The van der Waals surface area contributed by atoms with Crippen molar-refractivity contribution in [1.82, 2.24) is 9.55 Å². The van der Waals surface area contributed by atoms with Gasteiger partial charge in [0, 0.05) is 6.20 Å². The van der Waals surface area contributed by atoms with Crippen LogP contribution in [0.15, 0.2) is 71.7 Å². The molecule has 2 aromatic carbocycles. The van der Waals surface area contributed by atoms with Crippen LogP contribution in [0.4, 0.5) is 10.1 Å². The van der Waals surface area contributed by atoms with E-state index in [9.17, 15) is 19.1 Å². The minimum Gasteiger partial charge on any atom is -0.506 e. The first-order valence-corrected chi connectivity index (χ1v) is 8.89. The molecule has 0 aliphatic heterocycles. The van der Waals surface area contributed by atoms with Gasteiger partial charge in [-0.2, -0.15) is 0 Å². The number of rotatable bonds is 3. The Labute approximate surface area is 168 Å². The maximum atomic E-state index is 13.8. The van der Waals surface area contributed by atoms with Gasteiger partial charge in [-0.1, -0.05) is 29.8 Å². The first-order valence-electron chi connectivity index (χ1n) is 8.52. The molecule has 8 heteroatoms. The van der Waals surface area contributed by atoms with E-state index in [-0.39, 0.29) is 27.4 Å². The zero-order valence-corrected chi connectivity index (χ0v) is 15.5. The van der Waals surface area contributed by atoms with Gasteiger partial charge in [0.2, 0.25) is 0 Å². The van der Waals surface area contributed by atoms with E-state index in [0.29, 0.717) is 0 Å². The molecule has 4 aromatic rings. The van der Waals surface area contributed by atoms with Gasteiger partial charge < -0.3 is 10.4 Å². The Morgan fingerprint density at radius 3 is 2.66 bits per heavy atom. The summed E-state index contributed by atoms with van der Waals surface area (Å²) in [4.78, 5) is 30.2. The van der Waals surface area contributed by atoms with Crippen molar-refractivity contribution in [2.24, 2.45) is 0 Å². The highest BCUT2D eigenvalue weighted by Crippen LogP contribution is 2.28. The van der Waals surface area contributed by atoms with Gasteiger partial charge in [-0.15, -0.1) is 0 Å². The normalized spacial score (nSPS) is 10.8. The number of pyridine rings is 2. The fourth-order valence-electron chi connectivity index (χ4n) is 3.01. The smallest absolute Gasteiger partial charge is 0.273 e. The predicted octanol–water partition coefficient (Wildman–Crippen LogP) is 4.14. The Hall–Kier alpha value is -3.71. The Balaban J connectivity index is 1.97. The van der Waals surface area contributed by atoms with Gasteiger partial charge in [-0.25, -0.2) is 9.37 Å². The average Bonchev–Trinajstić information content (AvgIpc) is 2.70. The summed E-state index contributed by atoms with van der Waals surface area (Å²) in [5.74, 6) is -1.93. The maximum Gasteiger partial charge on any atom is 0.273 e. The number of carbonyl (C=O) groups is 1. The van der Waals surface area contributed by atoms with E-state index in [1.165, 1.54) is 30.5 Å². The zero-order valence-electron chi connectivity index (χ0n) is 14.8. The molecule has 0 aliphatic carbocycles. The van der Waals surface area contributed by atoms with Gasteiger partial charge in [0.05, 0.1) is 21.8 Å². The van der Waals surface area contributed by atoms with Crippen molar-refractivity contribution < 1.29 is 14.3 Å². The lowest BCUT2D eigenvalue weighted by atomic mass is 10.1. The van der Waals surface area contributed by atoms with E-state index in [4.69, 9.17) is 11.6 Å². The summed E-state index contributed by atoms with van der Waals surface area (Å²) in [5, 5.41) is 13.6. The van der Waals surface area contributed by atoms with Crippen molar-refractivity contribution in [3.63, 3.8) is 0 Å². The van der Waals surface area contributed by atoms with Crippen molar-refractivity contribution in [3.05, 3.63) is 93.6 Å². The van der Waals surface area contributed by atoms with Gasteiger partial charge in [0.25, 0.3) is 11.5 Å². The Morgan fingerprint density at radius 2 is 1.90 bits per heavy atom. The van der Waals surface area contributed by atoms with Crippen LogP contribution >= 0.6 is 11.6 Å². The second-order valence-electron chi connectivity index (χ2n) is 6.15. The van der Waals surface area contributed by atoms with Crippen molar-refractivity contribution >= 4 is 34.2 Å². The highest BCUT2D eigenvalue weighted by atomic mass is 35.5. The molecule has 0 spiro atoms. The number of fused-ring (bicyclic) bond motifs is 1. The molecule has 4 rings (SSSR count). The zero-order chi connectivity index (χ0) is 20.5. The number of aromatic nitrogens is 2. The summed E-state index contributed by atoms with van der Waals surface area (Å²) < 4.78 is 14.9. The molecule has 0 unspecified atom stereocenters. The summed E-state index contributed by atoms with van der Waals surface area (Å²) in [5.41, 5.74) is -0.805. The molecule has 1 amide bonds. The molecule has 2 aromatic heterocycles. The molecule has 0 bridgehead atoms. The number of benzene rings is 2. The topological polar surface area (TPSA) is 84.2 Å². The molecule has 0 saturated heterocycles. The van der Waals surface area contributed by atoms with Gasteiger partial charge in [-0.3, -0.25) is 14.2 Å². The Bertz CT molecular complexity index is 1320. The lowest BCUT2D eigenvalue weighted by Gasteiger charge is -2.14. The second-order valence-corrected chi connectivity index (χ2v) is 6.56. The third-order valence-electron chi connectivity index (χ3n) is 4.32. The molecule has 29 heavy (non-hydrogen) atoms. The maximum absolute atomic E-state index is 13.8. The summed E-state index contributed by atoms with van der Waals surface area (Å²) in [6.45, 7) is 0.